The molecule has 0 bridgehead atoms. The number of halogens is 2. The third kappa shape index (κ3) is 3.49. The van der Waals surface area contributed by atoms with E-state index >= 15 is 0 Å². The van der Waals surface area contributed by atoms with Crippen LogP contribution in [0.1, 0.15) is 11.5 Å². The van der Waals surface area contributed by atoms with Crippen molar-refractivity contribution in [3.8, 4) is 23.0 Å². The average Bonchev–Trinajstić information content (AvgIpc) is 3.05. The molecule has 2 aromatic carbocycles. The van der Waals surface area contributed by atoms with Crippen molar-refractivity contribution in [2.75, 3.05) is 14.2 Å². The Balaban J connectivity index is 1.88. The van der Waals surface area contributed by atoms with Crippen molar-refractivity contribution in [3.05, 3.63) is 58.7 Å². The molecule has 7 heteroatoms. The van der Waals surface area contributed by atoms with Gasteiger partial charge in [0.1, 0.15) is 17.3 Å². The van der Waals surface area contributed by atoms with Gasteiger partial charge < -0.3 is 13.9 Å². The fourth-order valence-electron chi connectivity index (χ4n) is 2.20. The summed E-state index contributed by atoms with van der Waals surface area (Å²) < 4.78 is 29.2. The number of aromatic nitrogens is 2. The van der Waals surface area contributed by atoms with E-state index in [2.05, 4.69) is 10.2 Å². The number of ether oxygens (including phenoxy) is 2. The van der Waals surface area contributed by atoms with Crippen LogP contribution < -0.4 is 9.47 Å². The molecule has 0 N–H and O–H groups in total. The standard InChI is InChI=1S/C17H14ClFN2O3/c1-22-13-5-11(6-14(9-13)23-2)17-21-20-16(24-17)7-10-3-4-12(19)8-15(10)18/h3-6,8-9H,7H2,1-2H3. The van der Waals surface area contributed by atoms with Crippen molar-refractivity contribution in [3.63, 3.8) is 0 Å². The monoisotopic (exact) mass is 348 g/mol. The average molecular weight is 349 g/mol. The summed E-state index contributed by atoms with van der Waals surface area (Å²) in [5, 5.41) is 8.36. The van der Waals surface area contributed by atoms with Crippen LogP contribution in [0.3, 0.4) is 0 Å². The van der Waals surface area contributed by atoms with Gasteiger partial charge in [0.15, 0.2) is 0 Å². The summed E-state index contributed by atoms with van der Waals surface area (Å²) in [5.41, 5.74) is 1.38. The van der Waals surface area contributed by atoms with Crippen LogP contribution in [0.2, 0.25) is 5.02 Å². The quantitative estimate of drug-likeness (QED) is 0.693. The van der Waals surface area contributed by atoms with Crippen LogP contribution in [0.4, 0.5) is 4.39 Å². The normalized spacial score (nSPS) is 10.7. The Morgan fingerprint density at radius 1 is 1.04 bits per heavy atom. The second-order valence-electron chi connectivity index (χ2n) is 5.01. The van der Waals surface area contributed by atoms with E-state index in [1.54, 1.807) is 38.5 Å². The number of nitrogens with zero attached hydrogens (tertiary/aromatic N) is 2. The highest BCUT2D eigenvalue weighted by Crippen LogP contribution is 2.29. The van der Waals surface area contributed by atoms with Crippen molar-refractivity contribution in [1.82, 2.24) is 10.2 Å². The molecule has 0 aliphatic heterocycles. The molecule has 0 saturated heterocycles. The lowest BCUT2D eigenvalue weighted by Gasteiger charge is -2.05. The van der Waals surface area contributed by atoms with Gasteiger partial charge in [0.05, 0.1) is 20.6 Å². The van der Waals surface area contributed by atoms with Crippen LogP contribution in [0.5, 0.6) is 11.5 Å². The Kier molecular flexibility index (Phi) is 4.66. The predicted molar refractivity (Wildman–Crippen MR) is 87.1 cm³/mol. The minimum absolute atomic E-state index is 0.313. The van der Waals surface area contributed by atoms with Crippen molar-refractivity contribution in [2.24, 2.45) is 0 Å². The van der Waals surface area contributed by atoms with Gasteiger partial charge in [-0.05, 0) is 29.8 Å². The van der Waals surface area contributed by atoms with Gasteiger partial charge in [-0.25, -0.2) is 4.39 Å². The summed E-state index contributed by atoms with van der Waals surface area (Å²) in [6.07, 6.45) is 0.313. The second kappa shape index (κ2) is 6.88. The molecule has 0 aliphatic rings. The van der Waals surface area contributed by atoms with Gasteiger partial charge in [0.2, 0.25) is 11.8 Å². The molecule has 3 rings (SSSR count). The topological polar surface area (TPSA) is 57.4 Å². The smallest absolute Gasteiger partial charge is 0.248 e. The molecular weight excluding hydrogens is 335 g/mol. The molecule has 124 valence electrons. The van der Waals surface area contributed by atoms with E-state index in [-0.39, 0.29) is 0 Å². The summed E-state index contributed by atoms with van der Waals surface area (Å²) in [6.45, 7) is 0. The summed E-state index contributed by atoms with van der Waals surface area (Å²) >= 11 is 6.02. The lowest BCUT2D eigenvalue weighted by atomic mass is 10.1. The molecule has 0 amide bonds. The fraction of sp³-hybridized carbons (Fsp3) is 0.176. The summed E-state index contributed by atoms with van der Waals surface area (Å²) in [4.78, 5) is 0. The first-order valence-corrected chi connectivity index (χ1v) is 7.46. The minimum Gasteiger partial charge on any atom is -0.497 e. The molecule has 0 spiro atoms. The van der Waals surface area contributed by atoms with E-state index in [0.717, 1.165) is 0 Å². The molecule has 0 fully saturated rings. The first-order valence-electron chi connectivity index (χ1n) is 7.09. The van der Waals surface area contributed by atoms with E-state index in [1.807, 2.05) is 0 Å². The highest BCUT2D eigenvalue weighted by Gasteiger charge is 2.13. The molecule has 0 unspecified atom stereocenters. The Morgan fingerprint density at radius 3 is 2.38 bits per heavy atom. The molecule has 0 saturated carbocycles. The van der Waals surface area contributed by atoms with Crippen LogP contribution in [0, 0.1) is 5.82 Å². The second-order valence-corrected chi connectivity index (χ2v) is 5.42. The maximum absolute atomic E-state index is 13.1. The van der Waals surface area contributed by atoms with Crippen molar-refractivity contribution in [2.45, 2.75) is 6.42 Å². The minimum atomic E-state index is -0.390. The number of hydrogen-bond donors (Lipinski definition) is 0. The van der Waals surface area contributed by atoms with Gasteiger partial charge in [0, 0.05) is 16.7 Å². The first kappa shape index (κ1) is 16.3. The Bertz CT molecular complexity index is 845. The third-order valence-corrected chi connectivity index (χ3v) is 3.77. The van der Waals surface area contributed by atoms with Gasteiger partial charge in [-0.15, -0.1) is 10.2 Å². The highest BCUT2D eigenvalue weighted by molar-refractivity contribution is 6.31. The van der Waals surface area contributed by atoms with Crippen LogP contribution in [0.15, 0.2) is 40.8 Å². The highest BCUT2D eigenvalue weighted by atomic mass is 35.5. The van der Waals surface area contributed by atoms with Crippen molar-refractivity contribution in [1.29, 1.82) is 0 Å². The molecule has 24 heavy (non-hydrogen) atoms. The Hall–Kier alpha value is -2.60. The van der Waals surface area contributed by atoms with Crippen LogP contribution in [-0.4, -0.2) is 24.4 Å². The molecule has 1 heterocycles. The van der Waals surface area contributed by atoms with Gasteiger partial charge in [-0.1, -0.05) is 17.7 Å². The van der Waals surface area contributed by atoms with E-state index < -0.39 is 5.82 Å². The zero-order valence-corrected chi connectivity index (χ0v) is 13.8. The summed E-state index contributed by atoms with van der Waals surface area (Å²) in [5.74, 6) is 1.55. The maximum Gasteiger partial charge on any atom is 0.248 e. The van der Waals surface area contributed by atoms with Gasteiger partial charge in [-0.3, -0.25) is 0 Å². The van der Waals surface area contributed by atoms with Gasteiger partial charge >= 0.3 is 0 Å². The molecule has 3 aromatic rings. The zero-order chi connectivity index (χ0) is 17.1. The first-order chi connectivity index (χ1) is 11.6. The number of hydrogen-bond acceptors (Lipinski definition) is 5. The summed E-state index contributed by atoms with van der Waals surface area (Å²) in [7, 11) is 3.13. The van der Waals surface area contributed by atoms with E-state index in [0.29, 0.717) is 45.9 Å². The van der Waals surface area contributed by atoms with Crippen LogP contribution in [-0.2, 0) is 6.42 Å². The molecule has 1 aromatic heterocycles. The SMILES string of the molecule is COc1cc(OC)cc(-c2nnc(Cc3ccc(F)cc3Cl)o2)c1. The van der Waals surface area contributed by atoms with E-state index in [1.165, 1.54) is 12.1 Å². The van der Waals surface area contributed by atoms with E-state index in [9.17, 15) is 4.39 Å². The van der Waals surface area contributed by atoms with Crippen molar-refractivity contribution >= 4 is 11.6 Å². The molecule has 5 nitrogen and oxygen atoms in total. The van der Waals surface area contributed by atoms with Gasteiger partial charge in [-0.2, -0.15) is 0 Å². The van der Waals surface area contributed by atoms with Crippen LogP contribution in [0.25, 0.3) is 11.5 Å². The lowest BCUT2D eigenvalue weighted by molar-refractivity contribution is 0.394. The summed E-state index contributed by atoms with van der Waals surface area (Å²) in [6, 6.07) is 9.47. The van der Waals surface area contributed by atoms with Gasteiger partial charge in [0.25, 0.3) is 0 Å². The lowest BCUT2D eigenvalue weighted by Crippen LogP contribution is -1.90. The number of benzene rings is 2. The largest absolute Gasteiger partial charge is 0.497 e. The molecule has 0 atom stereocenters. The zero-order valence-electron chi connectivity index (χ0n) is 13.0. The van der Waals surface area contributed by atoms with E-state index in [4.69, 9.17) is 25.5 Å². The molecule has 0 radical (unpaired) electrons. The molecular formula is C17H14ClFN2O3. The predicted octanol–water partition coefficient (Wildman–Crippen LogP) is 4.14. The Morgan fingerprint density at radius 2 is 1.75 bits per heavy atom. The maximum atomic E-state index is 13.1. The van der Waals surface area contributed by atoms with Crippen LogP contribution >= 0.6 is 11.6 Å². The fourth-order valence-corrected chi connectivity index (χ4v) is 2.43. The van der Waals surface area contributed by atoms with Crippen molar-refractivity contribution < 1.29 is 18.3 Å². The Labute approximate surface area is 143 Å². The molecule has 0 aliphatic carbocycles. The number of rotatable bonds is 5. The third-order valence-electron chi connectivity index (χ3n) is 3.42. The number of methoxy groups -OCH3 is 2.